The molecule has 0 spiro atoms. The van der Waals surface area contributed by atoms with Crippen molar-refractivity contribution in [2.45, 2.75) is 12.0 Å². The highest BCUT2D eigenvalue weighted by molar-refractivity contribution is 9.10. The molecule has 5 heteroatoms. The fourth-order valence-electron chi connectivity index (χ4n) is 1.71. The van der Waals surface area contributed by atoms with E-state index in [9.17, 15) is 9.90 Å². The van der Waals surface area contributed by atoms with E-state index in [4.69, 9.17) is 4.74 Å². The van der Waals surface area contributed by atoms with Crippen LogP contribution in [-0.2, 0) is 9.53 Å². The number of halogens is 1. The third kappa shape index (κ3) is 2.05. The van der Waals surface area contributed by atoms with Crippen molar-refractivity contribution >= 4 is 27.6 Å². The van der Waals surface area contributed by atoms with E-state index in [2.05, 4.69) is 21.2 Å². The molecule has 1 aromatic carbocycles. The molecule has 1 aliphatic heterocycles. The number of hydrogen-bond donors (Lipinski definition) is 2. The summed E-state index contributed by atoms with van der Waals surface area (Å²) in [5.41, 5.74) is -0.223. The van der Waals surface area contributed by atoms with E-state index < -0.39 is 11.5 Å². The van der Waals surface area contributed by atoms with Crippen molar-refractivity contribution in [2.75, 3.05) is 18.5 Å². The molecule has 1 aliphatic rings. The van der Waals surface area contributed by atoms with Crippen molar-refractivity contribution < 1.29 is 14.6 Å². The maximum absolute atomic E-state index is 11.3. The van der Waals surface area contributed by atoms with E-state index in [1.54, 1.807) is 0 Å². The highest BCUT2D eigenvalue weighted by Gasteiger charge is 2.42. The smallest absolute Gasteiger partial charge is 0.331 e. The summed E-state index contributed by atoms with van der Waals surface area (Å²) in [5.74, 6) is -0.874. The number of nitrogens with one attached hydrogen (secondary N) is 1. The number of ether oxygens (including phenoxy) is 1. The van der Waals surface area contributed by atoms with E-state index >= 15 is 0 Å². The Morgan fingerprint density at radius 2 is 2.25 bits per heavy atom. The summed E-state index contributed by atoms with van der Waals surface area (Å²) in [6.45, 7) is 0.674. The van der Waals surface area contributed by atoms with E-state index in [0.29, 0.717) is 13.0 Å². The zero-order valence-corrected chi connectivity index (χ0v) is 10.2. The van der Waals surface area contributed by atoms with Gasteiger partial charge in [0, 0.05) is 23.2 Å². The molecule has 2 N–H and O–H groups in total. The van der Waals surface area contributed by atoms with Gasteiger partial charge >= 0.3 is 5.97 Å². The van der Waals surface area contributed by atoms with Gasteiger partial charge in [0.05, 0.1) is 6.61 Å². The van der Waals surface area contributed by atoms with Crippen LogP contribution in [0.2, 0.25) is 0 Å². The number of para-hydroxylation sites is 1. The Morgan fingerprint density at radius 1 is 1.50 bits per heavy atom. The monoisotopic (exact) mass is 285 g/mol. The third-order valence-corrected chi connectivity index (χ3v) is 3.37. The van der Waals surface area contributed by atoms with Crippen LogP contribution in [0.4, 0.5) is 5.69 Å². The fourth-order valence-corrected chi connectivity index (χ4v) is 2.09. The van der Waals surface area contributed by atoms with Gasteiger partial charge in [-0.3, -0.25) is 0 Å². The van der Waals surface area contributed by atoms with Crippen LogP contribution in [-0.4, -0.2) is 29.8 Å². The molecule has 2 rings (SSSR count). The van der Waals surface area contributed by atoms with Gasteiger partial charge in [0.1, 0.15) is 0 Å². The molecule has 4 nitrogen and oxygen atoms in total. The molecule has 0 bridgehead atoms. The largest absolute Gasteiger partial charge is 0.479 e. The average molecular weight is 286 g/mol. The predicted octanol–water partition coefficient (Wildman–Crippen LogP) is 2.10. The number of hydrogen-bond acceptors (Lipinski definition) is 3. The van der Waals surface area contributed by atoms with Crippen molar-refractivity contribution in [3.8, 4) is 0 Å². The van der Waals surface area contributed by atoms with Crippen LogP contribution in [0, 0.1) is 0 Å². The number of aliphatic carboxylic acids is 1. The van der Waals surface area contributed by atoms with Gasteiger partial charge in [-0.1, -0.05) is 12.1 Å². The summed E-state index contributed by atoms with van der Waals surface area (Å²) < 4.78 is 6.02. The number of carbonyl (C=O) groups is 1. The molecule has 0 aromatic heterocycles. The van der Waals surface area contributed by atoms with Crippen molar-refractivity contribution in [1.82, 2.24) is 0 Å². The van der Waals surface area contributed by atoms with Crippen LogP contribution < -0.4 is 5.32 Å². The first-order chi connectivity index (χ1) is 7.64. The van der Waals surface area contributed by atoms with Crippen LogP contribution in [0.5, 0.6) is 0 Å². The Labute approximate surface area is 102 Å². The van der Waals surface area contributed by atoms with Crippen LogP contribution in [0.15, 0.2) is 28.7 Å². The first-order valence-electron chi connectivity index (χ1n) is 4.98. The van der Waals surface area contributed by atoms with Gasteiger partial charge in [0.15, 0.2) is 5.54 Å². The minimum Gasteiger partial charge on any atom is -0.479 e. The molecule has 1 saturated heterocycles. The van der Waals surface area contributed by atoms with Gasteiger partial charge in [-0.2, -0.15) is 0 Å². The Bertz CT molecular complexity index is 402. The van der Waals surface area contributed by atoms with E-state index in [1.807, 2.05) is 24.3 Å². The van der Waals surface area contributed by atoms with Crippen molar-refractivity contribution in [2.24, 2.45) is 0 Å². The summed E-state index contributed by atoms with van der Waals surface area (Å²) in [7, 11) is 0. The summed E-state index contributed by atoms with van der Waals surface area (Å²) in [5, 5.41) is 12.3. The lowest BCUT2D eigenvalue weighted by atomic mass is 9.98. The van der Waals surface area contributed by atoms with Gasteiger partial charge in [-0.15, -0.1) is 0 Å². The molecule has 0 saturated carbocycles. The lowest BCUT2D eigenvalue weighted by molar-refractivity contribution is -0.142. The number of carboxylic acids is 1. The third-order valence-electron chi connectivity index (χ3n) is 2.68. The van der Waals surface area contributed by atoms with Crippen LogP contribution >= 0.6 is 15.9 Å². The van der Waals surface area contributed by atoms with Crippen LogP contribution in [0.3, 0.4) is 0 Å². The fraction of sp³-hybridized carbons (Fsp3) is 0.364. The van der Waals surface area contributed by atoms with E-state index in [0.717, 1.165) is 10.2 Å². The molecule has 0 aliphatic carbocycles. The van der Waals surface area contributed by atoms with Gasteiger partial charge in [-0.25, -0.2) is 4.79 Å². The van der Waals surface area contributed by atoms with Crippen LogP contribution in [0.1, 0.15) is 6.42 Å². The number of anilines is 1. The second-order valence-corrected chi connectivity index (χ2v) is 4.65. The molecule has 0 radical (unpaired) electrons. The van der Waals surface area contributed by atoms with Crippen molar-refractivity contribution in [1.29, 1.82) is 0 Å². The normalized spacial score (nSPS) is 24.3. The zero-order valence-electron chi connectivity index (χ0n) is 8.57. The predicted molar refractivity (Wildman–Crippen MR) is 63.6 cm³/mol. The quantitative estimate of drug-likeness (QED) is 0.893. The maximum atomic E-state index is 11.3. The number of rotatable bonds is 3. The first kappa shape index (κ1) is 11.4. The minimum absolute atomic E-state index is 0.198. The van der Waals surface area contributed by atoms with Crippen molar-refractivity contribution in [3.05, 3.63) is 28.7 Å². The molecule has 16 heavy (non-hydrogen) atoms. The number of carboxylic acid groups (broad SMARTS) is 1. The van der Waals surface area contributed by atoms with E-state index in [1.165, 1.54) is 0 Å². The second kappa shape index (κ2) is 4.43. The Morgan fingerprint density at radius 3 is 2.81 bits per heavy atom. The highest BCUT2D eigenvalue weighted by Crippen LogP contribution is 2.29. The lowest BCUT2D eigenvalue weighted by Crippen LogP contribution is -2.47. The Hall–Kier alpha value is -1.07. The van der Waals surface area contributed by atoms with Crippen LogP contribution in [0.25, 0.3) is 0 Å². The topological polar surface area (TPSA) is 58.6 Å². The molecule has 1 fully saturated rings. The zero-order chi connectivity index (χ0) is 11.6. The molecule has 0 amide bonds. The summed E-state index contributed by atoms with van der Waals surface area (Å²) >= 11 is 3.38. The first-order valence-corrected chi connectivity index (χ1v) is 5.77. The molecular weight excluding hydrogens is 274 g/mol. The average Bonchev–Trinajstić information content (AvgIpc) is 2.71. The Kier molecular flexibility index (Phi) is 3.16. The molecule has 86 valence electrons. The van der Waals surface area contributed by atoms with Gasteiger partial charge < -0.3 is 15.2 Å². The summed E-state index contributed by atoms with van der Waals surface area (Å²) in [4.78, 5) is 11.3. The lowest BCUT2D eigenvalue weighted by Gasteiger charge is -2.25. The van der Waals surface area contributed by atoms with Gasteiger partial charge in [-0.05, 0) is 28.1 Å². The highest BCUT2D eigenvalue weighted by atomic mass is 79.9. The molecule has 1 heterocycles. The molecule has 1 atom stereocenters. The number of benzene rings is 1. The molecule has 1 unspecified atom stereocenters. The maximum Gasteiger partial charge on any atom is 0.331 e. The van der Waals surface area contributed by atoms with E-state index in [-0.39, 0.29) is 6.61 Å². The van der Waals surface area contributed by atoms with Crippen molar-refractivity contribution in [3.63, 3.8) is 0 Å². The Balaban J connectivity index is 2.25. The molecule has 1 aromatic rings. The summed E-state index contributed by atoms with van der Waals surface area (Å²) in [6.07, 6.45) is 0.476. The minimum atomic E-state index is -0.996. The summed E-state index contributed by atoms with van der Waals surface area (Å²) in [6, 6.07) is 7.45. The standard InChI is InChI=1S/C11H12BrNO3/c12-8-3-1-2-4-9(8)13-11(10(14)15)5-6-16-7-11/h1-4,13H,5-7H2,(H,14,15). The SMILES string of the molecule is O=C(O)C1(Nc2ccccc2Br)CCOC1. The van der Waals surface area contributed by atoms with Gasteiger partial charge in [0.25, 0.3) is 0 Å². The second-order valence-electron chi connectivity index (χ2n) is 3.79. The van der Waals surface area contributed by atoms with Gasteiger partial charge in [0.2, 0.25) is 0 Å². The molecular formula is C11H12BrNO3.